The average Bonchev–Trinajstić information content (AvgIpc) is 3.11. The summed E-state index contributed by atoms with van der Waals surface area (Å²) in [5, 5.41) is 14.4. The molecule has 5 nitrogen and oxygen atoms in total. The van der Waals surface area contributed by atoms with Crippen molar-refractivity contribution in [3.8, 4) is 11.3 Å². The number of aliphatic hydroxyl groups is 1. The van der Waals surface area contributed by atoms with Crippen LogP contribution in [-0.2, 0) is 24.2 Å². The van der Waals surface area contributed by atoms with E-state index in [-0.39, 0.29) is 24.7 Å². The van der Waals surface area contributed by atoms with Crippen molar-refractivity contribution in [2.24, 2.45) is 0 Å². The van der Waals surface area contributed by atoms with E-state index in [1.165, 1.54) is 6.07 Å². The quantitative estimate of drug-likeness (QED) is 0.771. The van der Waals surface area contributed by atoms with Gasteiger partial charge in [0.15, 0.2) is 0 Å². The average molecular weight is 366 g/mol. The van der Waals surface area contributed by atoms with Gasteiger partial charge in [-0.3, -0.25) is 4.79 Å². The first-order valence-corrected chi connectivity index (χ1v) is 8.86. The molecular formula is C21H19FN2O3. The van der Waals surface area contributed by atoms with Gasteiger partial charge in [-0.05, 0) is 17.7 Å². The third-order valence-electron chi connectivity index (χ3n) is 4.82. The lowest BCUT2D eigenvalue weighted by atomic mass is 10.00. The van der Waals surface area contributed by atoms with E-state index in [9.17, 15) is 14.3 Å². The molecule has 0 aliphatic carbocycles. The molecule has 1 amide bonds. The predicted octanol–water partition coefficient (Wildman–Crippen LogP) is 2.97. The molecule has 1 aromatic heterocycles. The molecular weight excluding hydrogens is 347 g/mol. The minimum atomic E-state index is -1.12. The van der Waals surface area contributed by atoms with Crippen molar-refractivity contribution in [2.45, 2.75) is 25.5 Å². The molecule has 1 atom stereocenters. The molecule has 2 aromatic carbocycles. The van der Waals surface area contributed by atoms with Gasteiger partial charge in [0, 0.05) is 30.5 Å². The van der Waals surface area contributed by atoms with Gasteiger partial charge in [-0.1, -0.05) is 47.6 Å². The Balaban J connectivity index is 1.53. The van der Waals surface area contributed by atoms with E-state index in [0.717, 1.165) is 5.56 Å². The van der Waals surface area contributed by atoms with E-state index in [1.54, 1.807) is 23.1 Å². The van der Waals surface area contributed by atoms with E-state index in [1.807, 2.05) is 30.3 Å². The second kappa shape index (κ2) is 7.32. The Morgan fingerprint density at radius 2 is 1.93 bits per heavy atom. The van der Waals surface area contributed by atoms with Crippen LogP contribution in [0.3, 0.4) is 0 Å². The molecule has 0 fully saturated rings. The number of hydrogen-bond acceptors (Lipinski definition) is 4. The molecule has 1 aliphatic heterocycles. The molecule has 2 heterocycles. The fourth-order valence-corrected chi connectivity index (χ4v) is 3.40. The number of amides is 1. The molecule has 27 heavy (non-hydrogen) atoms. The number of hydrogen-bond donors (Lipinski definition) is 1. The maximum absolute atomic E-state index is 14.1. The Morgan fingerprint density at radius 3 is 2.70 bits per heavy atom. The molecule has 0 unspecified atom stereocenters. The maximum Gasteiger partial charge on any atom is 0.252 e. The summed E-state index contributed by atoms with van der Waals surface area (Å²) in [6, 6.07) is 15.7. The van der Waals surface area contributed by atoms with Crippen LogP contribution >= 0.6 is 0 Å². The molecule has 0 bridgehead atoms. The highest BCUT2D eigenvalue weighted by Gasteiger charge is 2.31. The number of nitrogens with zero attached hydrogens (tertiary/aromatic N) is 2. The number of carbonyl (C=O) groups excluding carboxylic acids is 1. The SMILES string of the molecule is O=C([C@@H](O)Cc1ccccc1)N1CCc2onc(-c3ccccc3F)c2C1. The van der Waals surface area contributed by atoms with Gasteiger partial charge < -0.3 is 14.5 Å². The maximum atomic E-state index is 14.1. The van der Waals surface area contributed by atoms with Gasteiger partial charge >= 0.3 is 0 Å². The highest BCUT2D eigenvalue weighted by atomic mass is 19.1. The topological polar surface area (TPSA) is 66.6 Å². The zero-order valence-electron chi connectivity index (χ0n) is 14.6. The van der Waals surface area contributed by atoms with Crippen LogP contribution < -0.4 is 0 Å². The standard InChI is InChI=1S/C21H19FN2O3/c22-17-9-5-4-8-15(17)20-16-13-24(11-10-19(16)27-23-20)21(26)18(25)12-14-6-2-1-3-7-14/h1-9,18,25H,10-13H2/t18-/m0/s1. The minimum Gasteiger partial charge on any atom is -0.383 e. The lowest BCUT2D eigenvalue weighted by molar-refractivity contribution is -0.141. The molecule has 0 radical (unpaired) electrons. The number of benzene rings is 2. The summed E-state index contributed by atoms with van der Waals surface area (Å²) < 4.78 is 19.5. The van der Waals surface area contributed by atoms with Gasteiger partial charge in [-0.25, -0.2) is 4.39 Å². The van der Waals surface area contributed by atoms with Crippen molar-refractivity contribution < 1.29 is 18.8 Å². The van der Waals surface area contributed by atoms with Crippen molar-refractivity contribution in [1.29, 1.82) is 0 Å². The number of rotatable bonds is 4. The molecule has 1 aliphatic rings. The van der Waals surface area contributed by atoms with Crippen LogP contribution in [0.25, 0.3) is 11.3 Å². The molecule has 1 N–H and O–H groups in total. The Labute approximate surface area is 156 Å². The molecule has 0 saturated carbocycles. The normalized spacial score (nSPS) is 14.7. The Morgan fingerprint density at radius 1 is 1.19 bits per heavy atom. The fourth-order valence-electron chi connectivity index (χ4n) is 3.40. The smallest absolute Gasteiger partial charge is 0.252 e. The summed E-state index contributed by atoms with van der Waals surface area (Å²) in [6.45, 7) is 0.677. The third-order valence-corrected chi connectivity index (χ3v) is 4.82. The molecule has 138 valence electrons. The molecule has 6 heteroatoms. The van der Waals surface area contributed by atoms with Crippen LogP contribution in [0.4, 0.5) is 4.39 Å². The highest BCUT2D eigenvalue weighted by molar-refractivity contribution is 5.81. The van der Waals surface area contributed by atoms with Crippen molar-refractivity contribution in [1.82, 2.24) is 10.1 Å². The first-order valence-electron chi connectivity index (χ1n) is 8.86. The van der Waals surface area contributed by atoms with Crippen molar-refractivity contribution >= 4 is 5.91 Å². The zero-order chi connectivity index (χ0) is 18.8. The largest absolute Gasteiger partial charge is 0.383 e. The fraction of sp³-hybridized carbons (Fsp3) is 0.238. The highest BCUT2D eigenvalue weighted by Crippen LogP contribution is 2.31. The van der Waals surface area contributed by atoms with Crippen LogP contribution in [0.2, 0.25) is 0 Å². The summed E-state index contributed by atoms with van der Waals surface area (Å²) in [6.07, 6.45) is -0.376. The lowest BCUT2D eigenvalue weighted by Crippen LogP contribution is -2.42. The van der Waals surface area contributed by atoms with Crippen molar-refractivity contribution in [2.75, 3.05) is 6.54 Å². The second-order valence-electron chi connectivity index (χ2n) is 6.63. The van der Waals surface area contributed by atoms with Gasteiger partial charge in [0.25, 0.3) is 5.91 Å². The van der Waals surface area contributed by atoms with Crippen LogP contribution in [0.1, 0.15) is 16.9 Å². The predicted molar refractivity (Wildman–Crippen MR) is 97.2 cm³/mol. The summed E-state index contributed by atoms with van der Waals surface area (Å²) in [4.78, 5) is 14.3. The van der Waals surface area contributed by atoms with Crippen LogP contribution in [0.5, 0.6) is 0 Å². The van der Waals surface area contributed by atoms with Crippen LogP contribution in [0, 0.1) is 5.82 Å². The first-order chi connectivity index (χ1) is 13.1. The molecule has 4 rings (SSSR count). The van der Waals surface area contributed by atoms with Gasteiger partial charge in [0.05, 0.1) is 6.54 Å². The van der Waals surface area contributed by atoms with E-state index in [4.69, 9.17) is 4.52 Å². The van der Waals surface area contributed by atoms with Crippen LogP contribution in [0.15, 0.2) is 59.1 Å². The zero-order valence-corrected chi connectivity index (χ0v) is 14.6. The summed E-state index contributed by atoms with van der Waals surface area (Å²) in [5.41, 5.74) is 2.36. The number of aliphatic hydroxyl groups excluding tert-OH is 1. The Kier molecular flexibility index (Phi) is 4.73. The van der Waals surface area contributed by atoms with Gasteiger partial charge in [-0.15, -0.1) is 0 Å². The lowest BCUT2D eigenvalue weighted by Gasteiger charge is -2.28. The Bertz CT molecular complexity index is 955. The molecule has 0 saturated heterocycles. The van der Waals surface area contributed by atoms with Gasteiger partial charge in [0.2, 0.25) is 0 Å². The first kappa shape index (κ1) is 17.4. The van der Waals surface area contributed by atoms with E-state index in [2.05, 4.69) is 5.16 Å². The summed E-state index contributed by atoms with van der Waals surface area (Å²) in [7, 11) is 0. The monoisotopic (exact) mass is 366 g/mol. The van der Waals surface area contributed by atoms with Gasteiger partial charge in [-0.2, -0.15) is 0 Å². The number of aromatic nitrogens is 1. The van der Waals surface area contributed by atoms with Gasteiger partial charge in [0.1, 0.15) is 23.4 Å². The molecule has 3 aromatic rings. The number of carbonyl (C=O) groups is 1. The summed E-state index contributed by atoms with van der Waals surface area (Å²) in [5.74, 6) is -0.0683. The third kappa shape index (κ3) is 3.48. The van der Waals surface area contributed by atoms with Crippen molar-refractivity contribution in [3.05, 3.63) is 77.3 Å². The minimum absolute atomic E-state index is 0.243. The van der Waals surface area contributed by atoms with E-state index in [0.29, 0.717) is 35.5 Å². The number of fused-ring (bicyclic) bond motifs is 1. The summed E-state index contributed by atoms with van der Waals surface area (Å²) >= 11 is 0. The van der Waals surface area contributed by atoms with Crippen molar-refractivity contribution in [3.63, 3.8) is 0 Å². The van der Waals surface area contributed by atoms with Crippen LogP contribution in [-0.4, -0.2) is 33.7 Å². The molecule has 0 spiro atoms. The number of halogens is 1. The van der Waals surface area contributed by atoms with E-state index < -0.39 is 6.10 Å². The second-order valence-corrected chi connectivity index (χ2v) is 6.63. The Hall–Kier alpha value is -2.99. The van der Waals surface area contributed by atoms with E-state index >= 15 is 0 Å².